The highest BCUT2D eigenvalue weighted by atomic mass is 16.5. The van der Waals surface area contributed by atoms with Gasteiger partial charge in [-0.2, -0.15) is 0 Å². The summed E-state index contributed by atoms with van der Waals surface area (Å²) in [5, 5.41) is 20.7. The van der Waals surface area contributed by atoms with E-state index in [4.69, 9.17) is 4.74 Å². The van der Waals surface area contributed by atoms with Crippen molar-refractivity contribution in [1.82, 2.24) is 20.2 Å². The zero-order chi connectivity index (χ0) is 14.3. The zero-order valence-corrected chi connectivity index (χ0v) is 11.8. The molecule has 0 aliphatic rings. The Bertz CT molecular complexity index is 407. The Morgan fingerprint density at radius 2 is 2.16 bits per heavy atom. The maximum Gasteiger partial charge on any atom is 0.311 e. The summed E-state index contributed by atoms with van der Waals surface area (Å²) >= 11 is 0. The highest BCUT2D eigenvalue weighted by Crippen LogP contribution is 2.23. The minimum atomic E-state index is -0.853. The predicted molar refractivity (Wildman–Crippen MR) is 68.7 cm³/mol. The van der Waals surface area contributed by atoms with E-state index in [0.717, 1.165) is 6.42 Å². The summed E-state index contributed by atoms with van der Waals surface area (Å²) < 4.78 is 6.95. The van der Waals surface area contributed by atoms with Gasteiger partial charge in [0.05, 0.1) is 18.6 Å². The van der Waals surface area contributed by atoms with Gasteiger partial charge in [-0.1, -0.05) is 13.8 Å². The third-order valence-electron chi connectivity index (χ3n) is 3.22. The molecule has 1 N–H and O–H groups in total. The van der Waals surface area contributed by atoms with Gasteiger partial charge in [-0.3, -0.25) is 4.79 Å². The number of rotatable bonds is 9. The van der Waals surface area contributed by atoms with E-state index in [1.165, 1.54) is 0 Å². The van der Waals surface area contributed by atoms with Crippen LogP contribution in [0.25, 0.3) is 0 Å². The first-order chi connectivity index (χ1) is 9.03. The van der Waals surface area contributed by atoms with Crippen molar-refractivity contribution >= 4 is 5.97 Å². The Morgan fingerprint density at radius 3 is 2.74 bits per heavy atom. The van der Waals surface area contributed by atoms with Crippen molar-refractivity contribution in [3.63, 3.8) is 0 Å². The number of aromatic nitrogens is 4. The van der Waals surface area contributed by atoms with Crippen molar-refractivity contribution in [1.29, 1.82) is 0 Å². The van der Waals surface area contributed by atoms with Crippen LogP contribution in [0.2, 0.25) is 0 Å². The third-order valence-corrected chi connectivity index (χ3v) is 3.22. The molecule has 7 heteroatoms. The van der Waals surface area contributed by atoms with Gasteiger partial charge in [0.1, 0.15) is 0 Å². The molecule has 0 amide bonds. The molecule has 0 aromatic carbocycles. The lowest BCUT2D eigenvalue weighted by Crippen LogP contribution is -2.33. The Hall–Kier alpha value is -1.50. The van der Waals surface area contributed by atoms with Crippen LogP contribution in [0.3, 0.4) is 0 Å². The molecule has 0 spiro atoms. The van der Waals surface area contributed by atoms with Crippen molar-refractivity contribution in [3.8, 4) is 0 Å². The van der Waals surface area contributed by atoms with Crippen LogP contribution in [0.5, 0.6) is 0 Å². The molecular weight excluding hydrogens is 248 g/mol. The molecule has 0 bridgehead atoms. The lowest BCUT2D eigenvalue weighted by atomic mass is 9.88. The predicted octanol–water partition coefficient (Wildman–Crippen LogP) is 1.14. The standard InChI is InChI=1S/C12H22N4O3/c1-4-7-19-8-6-10-13-14-15-16(10)9-12(3,5-2)11(17)18/h4-9H2,1-3H3,(H,17,18). The van der Waals surface area contributed by atoms with Crippen LogP contribution in [-0.2, 0) is 22.5 Å². The number of aliphatic carboxylic acids is 1. The molecule has 0 fully saturated rings. The molecule has 0 aliphatic carbocycles. The summed E-state index contributed by atoms with van der Waals surface area (Å²) in [5.41, 5.74) is -0.853. The van der Waals surface area contributed by atoms with Gasteiger partial charge in [-0.15, -0.1) is 5.10 Å². The second-order valence-corrected chi connectivity index (χ2v) is 4.83. The molecule has 1 atom stereocenters. The topological polar surface area (TPSA) is 90.1 Å². The van der Waals surface area contributed by atoms with Gasteiger partial charge in [0.25, 0.3) is 0 Å². The number of tetrazole rings is 1. The first-order valence-corrected chi connectivity index (χ1v) is 6.59. The number of hydrogen-bond acceptors (Lipinski definition) is 5. The van der Waals surface area contributed by atoms with Gasteiger partial charge < -0.3 is 9.84 Å². The monoisotopic (exact) mass is 270 g/mol. The number of ether oxygens (including phenoxy) is 1. The summed E-state index contributed by atoms with van der Waals surface area (Å²) in [4.78, 5) is 11.3. The van der Waals surface area contributed by atoms with Crippen LogP contribution in [0.4, 0.5) is 0 Å². The summed E-state index contributed by atoms with van der Waals surface area (Å²) in [6.45, 7) is 7.13. The molecule has 0 aliphatic heterocycles. The van der Waals surface area contributed by atoms with Crippen LogP contribution in [-0.4, -0.2) is 44.5 Å². The fraction of sp³-hybridized carbons (Fsp3) is 0.833. The second kappa shape index (κ2) is 7.18. The summed E-state index contributed by atoms with van der Waals surface area (Å²) in [6.07, 6.45) is 2.08. The molecule has 1 aromatic heterocycles. The fourth-order valence-corrected chi connectivity index (χ4v) is 1.60. The minimum Gasteiger partial charge on any atom is -0.481 e. The van der Waals surface area contributed by atoms with Crippen molar-refractivity contribution in [2.75, 3.05) is 13.2 Å². The highest BCUT2D eigenvalue weighted by molar-refractivity contribution is 5.73. The van der Waals surface area contributed by atoms with Crippen molar-refractivity contribution in [2.45, 2.75) is 46.6 Å². The van der Waals surface area contributed by atoms with Crippen molar-refractivity contribution in [2.24, 2.45) is 5.41 Å². The molecular formula is C12H22N4O3. The van der Waals surface area contributed by atoms with Crippen LogP contribution in [0, 0.1) is 5.41 Å². The Labute approximate surface area is 112 Å². The summed E-state index contributed by atoms with van der Waals surface area (Å²) in [5.74, 6) is -0.171. The average Bonchev–Trinajstić information content (AvgIpc) is 2.81. The molecule has 0 radical (unpaired) electrons. The quantitative estimate of drug-likeness (QED) is 0.677. The maximum atomic E-state index is 11.3. The number of nitrogens with zero attached hydrogens (tertiary/aromatic N) is 4. The lowest BCUT2D eigenvalue weighted by Gasteiger charge is -2.22. The molecule has 0 saturated heterocycles. The largest absolute Gasteiger partial charge is 0.481 e. The minimum absolute atomic E-state index is 0.273. The third kappa shape index (κ3) is 4.27. The number of hydrogen-bond donors (Lipinski definition) is 1. The van der Waals surface area contributed by atoms with E-state index >= 15 is 0 Å². The van der Waals surface area contributed by atoms with Gasteiger partial charge in [0, 0.05) is 13.0 Å². The molecule has 1 rings (SSSR count). The highest BCUT2D eigenvalue weighted by Gasteiger charge is 2.32. The van der Waals surface area contributed by atoms with Gasteiger partial charge >= 0.3 is 5.97 Å². The second-order valence-electron chi connectivity index (χ2n) is 4.83. The van der Waals surface area contributed by atoms with E-state index in [2.05, 4.69) is 15.5 Å². The number of carbonyl (C=O) groups is 1. The average molecular weight is 270 g/mol. The van der Waals surface area contributed by atoms with Gasteiger partial charge in [-0.05, 0) is 30.2 Å². The molecule has 7 nitrogen and oxygen atoms in total. The number of carboxylic acid groups (broad SMARTS) is 1. The van der Waals surface area contributed by atoms with E-state index in [9.17, 15) is 9.90 Å². The SMILES string of the molecule is CCCOCCc1nnnn1CC(C)(CC)C(=O)O. The lowest BCUT2D eigenvalue weighted by molar-refractivity contribution is -0.149. The molecule has 1 heterocycles. The normalized spacial score (nSPS) is 14.3. The summed E-state index contributed by atoms with van der Waals surface area (Å²) in [7, 11) is 0. The van der Waals surface area contributed by atoms with Crippen LogP contribution < -0.4 is 0 Å². The zero-order valence-electron chi connectivity index (χ0n) is 11.8. The Balaban J connectivity index is 2.64. The Kier molecular flexibility index (Phi) is 5.88. The Morgan fingerprint density at radius 1 is 1.42 bits per heavy atom. The van der Waals surface area contributed by atoms with Crippen molar-refractivity contribution in [3.05, 3.63) is 5.82 Å². The molecule has 0 saturated carbocycles. The maximum absolute atomic E-state index is 11.3. The van der Waals surface area contributed by atoms with Gasteiger partial charge in [-0.25, -0.2) is 4.68 Å². The van der Waals surface area contributed by atoms with E-state index < -0.39 is 11.4 Å². The number of carboxylic acids is 1. The van der Waals surface area contributed by atoms with Gasteiger partial charge in [0.2, 0.25) is 0 Å². The van der Waals surface area contributed by atoms with E-state index in [1.807, 2.05) is 13.8 Å². The van der Waals surface area contributed by atoms with E-state index in [1.54, 1.807) is 11.6 Å². The molecule has 19 heavy (non-hydrogen) atoms. The van der Waals surface area contributed by atoms with Crippen LogP contribution in [0.1, 0.15) is 39.4 Å². The van der Waals surface area contributed by atoms with Crippen LogP contribution >= 0.6 is 0 Å². The fourth-order valence-electron chi connectivity index (χ4n) is 1.60. The van der Waals surface area contributed by atoms with Gasteiger partial charge in [0.15, 0.2) is 5.82 Å². The van der Waals surface area contributed by atoms with Crippen molar-refractivity contribution < 1.29 is 14.6 Å². The first kappa shape index (κ1) is 15.6. The molecule has 1 unspecified atom stereocenters. The van der Waals surface area contributed by atoms with Crippen LogP contribution in [0.15, 0.2) is 0 Å². The first-order valence-electron chi connectivity index (χ1n) is 6.59. The summed E-state index contributed by atoms with van der Waals surface area (Å²) in [6, 6.07) is 0. The van der Waals surface area contributed by atoms with E-state index in [0.29, 0.717) is 31.9 Å². The smallest absolute Gasteiger partial charge is 0.311 e. The molecule has 108 valence electrons. The molecule has 1 aromatic rings. The van der Waals surface area contributed by atoms with E-state index in [-0.39, 0.29) is 6.54 Å².